The molecule has 0 saturated carbocycles. The van der Waals surface area contributed by atoms with Crippen molar-refractivity contribution in [1.29, 1.82) is 5.26 Å². The Labute approximate surface area is 213 Å². The van der Waals surface area contributed by atoms with Gasteiger partial charge >= 0.3 is 5.97 Å². The SMILES string of the molecule is N#CC1=C(N)Oc2cc(OC(=O)c3sc4cccc(Cl)c4c3Cl)ccc2C1c1cccc(Cl)c1. The Balaban J connectivity index is 1.50. The second-order valence-corrected chi connectivity index (χ2v) is 9.70. The Hall–Kier alpha value is -3.21. The van der Waals surface area contributed by atoms with Gasteiger partial charge in [-0.1, -0.05) is 59.1 Å². The van der Waals surface area contributed by atoms with E-state index in [1.807, 2.05) is 12.1 Å². The molecule has 0 bridgehead atoms. The lowest BCUT2D eigenvalue weighted by Gasteiger charge is -2.26. The summed E-state index contributed by atoms with van der Waals surface area (Å²) in [6, 6.07) is 19.6. The second kappa shape index (κ2) is 8.86. The smallest absolute Gasteiger partial charge is 0.355 e. The molecule has 1 aromatic heterocycles. The summed E-state index contributed by atoms with van der Waals surface area (Å²) < 4.78 is 12.1. The minimum absolute atomic E-state index is 0.0226. The number of carbonyl (C=O) groups is 1. The minimum Gasteiger partial charge on any atom is -0.440 e. The first-order chi connectivity index (χ1) is 16.4. The molecular formula is C25H13Cl3N2O3S. The first-order valence-electron chi connectivity index (χ1n) is 9.93. The van der Waals surface area contributed by atoms with Crippen LogP contribution >= 0.6 is 46.1 Å². The number of carbonyl (C=O) groups excluding carboxylic acids is 1. The van der Waals surface area contributed by atoms with Crippen molar-refractivity contribution in [3.8, 4) is 17.6 Å². The van der Waals surface area contributed by atoms with Crippen molar-refractivity contribution in [2.75, 3.05) is 0 Å². The molecule has 34 heavy (non-hydrogen) atoms. The molecule has 2 N–H and O–H groups in total. The van der Waals surface area contributed by atoms with Crippen LogP contribution in [0.3, 0.4) is 0 Å². The zero-order chi connectivity index (χ0) is 24.0. The van der Waals surface area contributed by atoms with E-state index in [0.29, 0.717) is 26.7 Å². The van der Waals surface area contributed by atoms with Crippen LogP contribution in [0, 0.1) is 11.3 Å². The average molecular weight is 528 g/mol. The van der Waals surface area contributed by atoms with Crippen LogP contribution in [0.25, 0.3) is 10.1 Å². The standard InChI is InChI=1S/C25H13Cl3N2O3S/c26-13-4-1-3-12(9-13)20-15-8-7-14(10-18(15)33-24(30)16(20)11-29)32-25(31)23-22(28)21-17(27)5-2-6-19(21)34-23/h1-10,20H,30H2. The summed E-state index contributed by atoms with van der Waals surface area (Å²) in [6.45, 7) is 0. The Morgan fingerprint density at radius 3 is 2.62 bits per heavy atom. The predicted molar refractivity (Wildman–Crippen MR) is 134 cm³/mol. The van der Waals surface area contributed by atoms with E-state index in [9.17, 15) is 10.1 Å². The van der Waals surface area contributed by atoms with Crippen LogP contribution in [0.15, 0.2) is 72.1 Å². The number of fused-ring (bicyclic) bond motifs is 2. The number of ether oxygens (including phenoxy) is 2. The molecule has 168 valence electrons. The summed E-state index contributed by atoms with van der Waals surface area (Å²) in [4.78, 5) is 13.1. The van der Waals surface area contributed by atoms with Crippen LogP contribution in [-0.2, 0) is 0 Å². The summed E-state index contributed by atoms with van der Waals surface area (Å²) in [7, 11) is 0. The lowest BCUT2D eigenvalue weighted by Crippen LogP contribution is -2.21. The maximum atomic E-state index is 12.9. The molecule has 0 aliphatic carbocycles. The second-order valence-electron chi connectivity index (χ2n) is 7.43. The highest BCUT2D eigenvalue weighted by atomic mass is 35.5. The number of nitrogens with two attached hydrogens (primary N) is 1. The summed E-state index contributed by atoms with van der Waals surface area (Å²) in [5, 5.41) is 11.6. The molecule has 5 nitrogen and oxygen atoms in total. The van der Waals surface area contributed by atoms with E-state index >= 15 is 0 Å². The third-order valence-electron chi connectivity index (χ3n) is 5.37. The highest BCUT2D eigenvalue weighted by Gasteiger charge is 2.31. The molecular weight excluding hydrogens is 515 g/mol. The van der Waals surface area contributed by atoms with Crippen LogP contribution < -0.4 is 15.2 Å². The first-order valence-corrected chi connectivity index (χ1v) is 11.9. The van der Waals surface area contributed by atoms with Gasteiger partial charge in [-0.15, -0.1) is 11.3 Å². The number of rotatable bonds is 3. The van der Waals surface area contributed by atoms with Crippen LogP contribution in [0.2, 0.25) is 15.1 Å². The molecule has 3 aromatic carbocycles. The molecule has 0 spiro atoms. The molecule has 2 heterocycles. The van der Waals surface area contributed by atoms with E-state index in [4.69, 9.17) is 50.0 Å². The third kappa shape index (κ3) is 3.87. The molecule has 1 aliphatic heterocycles. The van der Waals surface area contributed by atoms with E-state index < -0.39 is 11.9 Å². The summed E-state index contributed by atoms with van der Waals surface area (Å²) >= 11 is 20.0. The van der Waals surface area contributed by atoms with Gasteiger partial charge in [0.1, 0.15) is 28.0 Å². The summed E-state index contributed by atoms with van der Waals surface area (Å²) in [6.07, 6.45) is 0. The topological polar surface area (TPSA) is 85.3 Å². The van der Waals surface area contributed by atoms with Crippen molar-refractivity contribution in [3.05, 3.63) is 103 Å². The lowest BCUT2D eigenvalue weighted by atomic mass is 9.83. The van der Waals surface area contributed by atoms with Gasteiger partial charge in [0.25, 0.3) is 0 Å². The van der Waals surface area contributed by atoms with E-state index in [1.54, 1.807) is 48.5 Å². The lowest BCUT2D eigenvalue weighted by molar-refractivity contribution is 0.0740. The van der Waals surface area contributed by atoms with Gasteiger partial charge in [0, 0.05) is 26.7 Å². The minimum atomic E-state index is -0.620. The molecule has 0 radical (unpaired) electrons. The number of benzene rings is 3. The number of thiophene rings is 1. The Kier molecular flexibility index (Phi) is 5.88. The van der Waals surface area contributed by atoms with Crippen LogP contribution in [0.1, 0.15) is 26.7 Å². The van der Waals surface area contributed by atoms with Gasteiger partial charge in [-0.2, -0.15) is 5.26 Å². The Morgan fingerprint density at radius 1 is 1.09 bits per heavy atom. The molecule has 4 aromatic rings. The van der Waals surface area contributed by atoms with E-state index in [-0.39, 0.29) is 27.1 Å². The quantitative estimate of drug-likeness (QED) is 0.223. The highest BCUT2D eigenvalue weighted by molar-refractivity contribution is 7.21. The largest absolute Gasteiger partial charge is 0.440 e. The molecule has 1 aliphatic rings. The Morgan fingerprint density at radius 2 is 1.88 bits per heavy atom. The number of allylic oxidation sites excluding steroid dienone is 1. The fourth-order valence-electron chi connectivity index (χ4n) is 3.88. The van der Waals surface area contributed by atoms with Gasteiger partial charge in [0.05, 0.1) is 16.0 Å². The molecule has 0 saturated heterocycles. The first kappa shape index (κ1) is 22.6. The Bertz CT molecular complexity index is 1560. The number of nitrogens with zero attached hydrogens (tertiary/aromatic N) is 1. The van der Waals surface area contributed by atoms with Crippen LogP contribution in [0.4, 0.5) is 0 Å². The molecule has 0 fully saturated rings. The van der Waals surface area contributed by atoms with Crippen LogP contribution in [-0.4, -0.2) is 5.97 Å². The predicted octanol–water partition coefficient (Wildman–Crippen LogP) is 7.30. The van der Waals surface area contributed by atoms with E-state index in [2.05, 4.69) is 6.07 Å². The maximum Gasteiger partial charge on any atom is 0.355 e. The number of halogens is 3. The normalized spacial score (nSPS) is 14.9. The van der Waals surface area contributed by atoms with Crippen molar-refractivity contribution in [1.82, 2.24) is 0 Å². The van der Waals surface area contributed by atoms with Crippen LogP contribution in [0.5, 0.6) is 11.5 Å². The van der Waals surface area contributed by atoms with Gasteiger partial charge < -0.3 is 15.2 Å². The average Bonchev–Trinajstić information content (AvgIpc) is 3.15. The number of nitriles is 1. The van der Waals surface area contributed by atoms with Gasteiger partial charge in [0.15, 0.2) is 0 Å². The summed E-state index contributed by atoms with van der Waals surface area (Å²) in [5.41, 5.74) is 7.81. The van der Waals surface area contributed by atoms with Crippen molar-refractivity contribution < 1.29 is 14.3 Å². The molecule has 1 unspecified atom stereocenters. The highest BCUT2D eigenvalue weighted by Crippen LogP contribution is 2.44. The summed E-state index contributed by atoms with van der Waals surface area (Å²) in [5.74, 6) is -0.508. The molecule has 9 heteroatoms. The number of hydrogen-bond acceptors (Lipinski definition) is 6. The fourth-order valence-corrected chi connectivity index (χ4v) is 5.91. The van der Waals surface area contributed by atoms with Crippen molar-refractivity contribution in [2.24, 2.45) is 5.73 Å². The molecule has 0 amide bonds. The number of hydrogen-bond donors (Lipinski definition) is 1. The van der Waals surface area contributed by atoms with Gasteiger partial charge in [0.2, 0.25) is 5.88 Å². The van der Waals surface area contributed by atoms with Gasteiger partial charge in [-0.3, -0.25) is 0 Å². The van der Waals surface area contributed by atoms with Crippen molar-refractivity contribution in [3.63, 3.8) is 0 Å². The fraction of sp³-hybridized carbons (Fsp3) is 0.0400. The zero-order valence-corrected chi connectivity index (χ0v) is 20.2. The van der Waals surface area contributed by atoms with Gasteiger partial charge in [-0.05, 0) is 35.9 Å². The van der Waals surface area contributed by atoms with Gasteiger partial charge in [-0.25, -0.2) is 4.79 Å². The number of esters is 1. The molecule has 5 rings (SSSR count). The maximum absolute atomic E-state index is 12.9. The van der Waals surface area contributed by atoms with E-state index in [1.165, 1.54) is 11.3 Å². The van der Waals surface area contributed by atoms with E-state index in [0.717, 1.165) is 10.3 Å². The zero-order valence-electron chi connectivity index (χ0n) is 17.1. The van der Waals surface area contributed by atoms with Crippen molar-refractivity contribution in [2.45, 2.75) is 5.92 Å². The van der Waals surface area contributed by atoms with Crippen molar-refractivity contribution >= 4 is 62.2 Å². The third-order valence-corrected chi connectivity index (χ3v) is 7.55. The molecule has 1 atom stereocenters. The monoisotopic (exact) mass is 526 g/mol.